The third-order valence-electron chi connectivity index (χ3n) is 3.06. The Kier molecular flexibility index (Phi) is 5.99. The van der Waals surface area contributed by atoms with Crippen LogP contribution in [0, 0.1) is 0 Å². The number of nitrogens with zero attached hydrogens (tertiary/aromatic N) is 1. The highest BCUT2D eigenvalue weighted by molar-refractivity contribution is 7.09. The van der Waals surface area contributed by atoms with Crippen LogP contribution in [-0.4, -0.2) is 50.8 Å². The Morgan fingerprint density at radius 3 is 2.94 bits per heavy atom. The van der Waals surface area contributed by atoms with Crippen molar-refractivity contribution in [2.75, 3.05) is 45.9 Å². The van der Waals surface area contributed by atoms with Gasteiger partial charge in [-0.1, -0.05) is 6.07 Å². The van der Waals surface area contributed by atoms with Gasteiger partial charge in [-0.25, -0.2) is 0 Å². The molecule has 1 aromatic heterocycles. The van der Waals surface area contributed by atoms with Gasteiger partial charge in [-0.15, -0.1) is 11.3 Å². The SMILES string of the molecule is c1csc(CCNCCCN2CCOCC2)c1. The van der Waals surface area contributed by atoms with E-state index < -0.39 is 0 Å². The van der Waals surface area contributed by atoms with Crippen LogP contribution < -0.4 is 5.32 Å². The maximum atomic E-state index is 5.33. The third kappa shape index (κ3) is 5.17. The van der Waals surface area contributed by atoms with Gasteiger partial charge >= 0.3 is 0 Å². The molecule has 2 rings (SSSR count). The predicted octanol–water partition coefficient (Wildman–Crippen LogP) is 1.60. The summed E-state index contributed by atoms with van der Waals surface area (Å²) in [5.74, 6) is 0. The molecule has 0 aromatic carbocycles. The molecule has 0 unspecified atom stereocenters. The van der Waals surface area contributed by atoms with Crippen molar-refractivity contribution in [3.8, 4) is 0 Å². The van der Waals surface area contributed by atoms with Gasteiger partial charge in [0.05, 0.1) is 13.2 Å². The summed E-state index contributed by atoms with van der Waals surface area (Å²) < 4.78 is 5.33. The van der Waals surface area contributed by atoms with Gasteiger partial charge in [0.1, 0.15) is 0 Å². The summed E-state index contributed by atoms with van der Waals surface area (Å²) in [6, 6.07) is 4.33. The Labute approximate surface area is 108 Å². The Balaban J connectivity index is 1.43. The smallest absolute Gasteiger partial charge is 0.0594 e. The zero-order valence-electron chi connectivity index (χ0n) is 10.4. The van der Waals surface area contributed by atoms with E-state index in [1.807, 2.05) is 11.3 Å². The van der Waals surface area contributed by atoms with E-state index in [9.17, 15) is 0 Å². The molecule has 0 bridgehead atoms. The van der Waals surface area contributed by atoms with Crippen LogP contribution in [0.5, 0.6) is 0 Å². The van der Waals surface area contributed by atoms with E-state index in [0.29, 0.717) is 0 Å². The standard InChI is InChI=1S/C13H22N2OS/c1-3-13(17-12-1)4-6-14-5-2-7-15-8-10-16-11-9-15/h1,3,12,14H,2,4-11H2. The maximum absolute atomic E-state index is 5.33. The normalized spacial score (nSPS) is 17.4. The van der Waals surface area contributed by atoms with Gasteiger partial charge in [-0.2, -0.15) is 0 Å². The van der Waals surface area contributed by atoms with Gasteiger partial charge in [-0.05, 0) is 43.9 Å². The number of hydrogen-bond acceptors (Lipinski definition) is 4. The van der Waals surface area contributed by atoms with E-state index in [1.165, 1.54) is 17.8 Å². The number of thiophene rings is 1. The van der Waals surface area contributed by atoms with E-state index in [2.05, 4.69) is 27.7 Å². The van der Waals surface area contributed by atoms with Crippen molar-refractivity contribution in [3.63, 3.8) is 0 Å². The highest BCUT2D eigenvalue weighted by Crippen LogP contribution is 2.07. The van der Waals surface area contributed by atoms with Crippen molar-refractivity contribution in [2.45, 2.75) is 12.8 Å². The molecule has 3 nitrogen and oxygen atoms in total. The predicted molar refractivity (Wildman–Crippen MR) is 72.8 cm³/mol. The van der Waals surface area contributed by atoms with Gasteiger partial charge in [0.15, 0.2) is 0 Å². The Bertz CT molecular complexity index is 284. The first-order valence-electron chi connectivity index (χ1n) is 6.48. The fourth-order valence-corrected chi connectivity index (χ4v) is 2.75. The van der Waals surface area contributed by atoms with Crippen LogP contribution in [0.2, 0.25) is 0 Å². The summed E-state index contributed by atoms with van der Waals surface area (Å²) >= 11 is 1.85. The molecular formula is C13H22N2OS. The van der Waals surface area contributed by atoms with Crippen molar-refractivity contribution in [2.24, 2.45) is 0 Å². The molecule has 1 saturated heterocycles. The van der Waals surface area contributed by atoms with Gasteiger partial charge in [0.2, 0.25) is 0 Å². The largest absolute Gasteiger partial charge is 0.379 e. The summed E-state index contributed by atoms with van der Waals surface area (Å²) in [5, 5.41) is 5.66. The first-order valence-corrected chi connectivity index (χ1v) is 7.36. The summed E-state index contributed by atoms with van der Waals surface area (Å²) in [6.07, 6.45) is 2.40. The molecule has 0 saturated carbocycles. The van der Waals surface area contributed by atoms with Crippen molar-refractivity contribution >= 4 is 11.3 Å². The second-order valence-corrected chi connectivity index (χ2v) is 5.42. The monoisotopic (exact) mass is 254 g/mol. The molecule has 1 N–H and O–H groups in total. The summed E-state index contributed by atoms with van der Waals surface area (Å²) in [7, 11) is 0. The fraction of sp³-hybridized carbons (Fsp3) is 0.692. The summed E-state index contributed by atoms with van der Waals surface area (Å²) in [5.41, 5.74) is 0. The van der Waals surface area contributed by atoms with E-state index >= 15 is 0 Å². The van der Waals surface area contributed by atoms with Gasteiger partial charge in [0.25, 0.3) is 0 Å². The average Bonchev–Trinajstić information content (AvgIpc) is 2.88. The van der Waals surface area contributed by atoms with Crippen molar-refractivity contribution in [3.05, 3.63) is 22.4 Å². The Hall–Kier alpha value is -0.420. The maximum Gasteiger partial charge on any atom is 0.0594 e. The van der Waals surface area contributed by atoms with E-state index in [-0.39, 0.29) is 0 Å². The minimum Gasteiger partial charge on any atom is -0.379 e. The Morgan fingerprint density at radius 1 is 1.29 bits per heavy atom. The highest BCUT2D eigenvalue weighted by atomic mass is 32.1. The molecule has 1 aliphatic rings. The van der Waals surface area contributed by atoms with Gasteiger partial charge < -0.3 is 10.1 Å². The van der Waals surface area contributed by atoms with E-state index in [0.717, 1.165) is 45.8 Å². The lowest BCUT2D eigenvalue weighted by atomic mass is 10.3. The van der Waals surface area contributed by atoms with Crippen LogP contribution in [0.25, 0.3) is 0 Å². The molecular weight excluding hydrogens is 232 g/mol. The average molecular weight is 254 g/mol. The molecule has 0 radical (unpaired) electrons. The third-order valence-corrected chi connectivity index (χ3v) is 4.00. The number of rotatable bonds is 7. The first-order chi connectivity index (χ1) is 8.45. The summed E-state index contributed by atoms with van der Waals surface area (Å²) in [6.45, 7) is 7.46. The zero-order valence-corrected chi connectivity index (χ0v) is 11.2. The molecule has 4 heteroatoms. The lowest BCUT2D eigenvalue weighted by Crippen LogP contribution is -2.37. The molecule has 17 heavy (non-hydrogen) atoms. The van der Waals surface area contributed by atoms with Crippen molar-refractivity contribution in [1.29, 1.82) is 0 Å². The quantitative estimate of drug-likeness (QED) is 0.748. The molecule has 1 aliphatic heterocycles. The van der Waals surface area contributed by atoms with Crippen molar-refractivity contribution < 1.29 is 4.74 Å². The Morgan fingerprint density at radius 2 is 2.18 bits per heavy atom. The van der Waals surface area contributed by atoms with E-state index in [1.54, 1.807) is 0 Å². The molecule has 1 aromatic rings. The second kappa shape index (κ2) is 7.82. The van der Waals surface area contributed by atoms with Crippen molar-refractivity contribution in [1.82, 2.24) is 10.2 Å². The van der Waals surface area contributed by atoms with Crippen LogP contribution in [0.3, 0.4) is 0 Å². The van der Waals surface area contributed by atoms with Crippen LogP contribution >= 0.6 is 11.3 Å². The number of nitrogens with one attached hydrogen (secondary N) is 1. The van der Waals surface area contributed by atoms with Gasteiger partial charge in [0, 0.05) is 18.0 Å². The molecule has 0 amide bonds. The number of ether oxygens (including phenoxy) is 1. The van der Waals surface area contributed by atoms with Crippen LogP contribution in [0.1, 0.15) is 11.3 Å². The lowest BCUT2D eigenvalue weighted by molar-refractivity contribution is 0.0375. The van der Waals surface area contributed by atoms with Gasteiger partial charge in [-0.3, -0.25) is 4.90 Å². The van der Waals surface area contributed by atoms with Crippen LogP contribution in [0.15, 0.2) is 17.5 Å². The van der Waals surface area contributed by atoms with Crippen LogP contribution in [0.4, 0.5) is 0 Å². The molecule has 0 aliphatic carbocycles. The minimum atomic E-state index is 0.909. The first kappa shape index (κ1) is 13.0. The van der Waals surface area contributed by atoms with Crippen LogP contribution in [-0.2, 0) is 11.2 Å². The topological polar surface area (TPSA) is 24.5 Å². The second-order valence-electron chi connectivity index (χ2n) is 4.39. The number of hydrogen-bond donors (Lipinski definition) is 1. The molecule has 0 atom stereocenters. The zero-order chi connectivity index (χ0) is 11.8. The highest BCUT2D eigenvalue weighted by Gasteiger charge is 2.08. The number of morpholine rings is 1. The van der Waals surface area contributed by atoms with E-state index in [4.69, 9.17) is 4.74 Å². The molecule has 0 spiro atoms. The lowest BCUT2D eigenvalue weighted by Gasteiger charge is -2.26. The minimum absolute atomic E-state index is 0.909. The molecule has 96 valence electrons. The molecule has 1 fully saturated rings. The fourth-order valence-electron chi connectivity index (χ4n) is 2.04. The molecule has 2 heterocycles. The summed E-state index contributed by atoms with van der Waals surface area (Å²) in [4.78, 5) is 3.97.